The van der Waals surface area contributed by atoms with Gasteiger partial charge in [0.2, 0.25) is 5.28 Å². The summed E-state index contributed by atoms with van der Waals surface area (Å²) >= 11 is 5.57. The fraction of sp³-hybridized carbons (Fsp3) is 0.429. The summed E-state index contributed by atoms with van der Waals surface area (Å²) < 4.78 is 0. The Labute approximate surface area is 75.6 Å². The van der Waals surface area contributed by atoms with Gasteiger partial charge in [0.15, 0.2) is 0 Å². The van der Waals surface area contributed by atoms with Gasteiger partial charge in [0.05, 0.1) is 6.61 Å². The van der Waals surface area contributed by atoms with Crippen molar-refractivity contribution in [1.29, 1.82) is 0 Å². The number of aliphatic hydroxyl groups excluding tert-OH is 1. The normalized spacial score (nSPS) is 9.92. The van der Waals surface area contributed by atoms with Crippen LogP contribution in [0.2, 0.25) is 5.28 Å². The minimum absolute atomic E-state index is 0.0838. The number of anilines is 1. The topological polar surface area (TPSA) is 58.0 Å². The van der Waals surface area contributed by atoms with Gasteiger partial charge in [-0.05, 0) is 18.5 Å². The second kappa shape index (κ2) is 4.23. The molecule has 0 saturated carbocycles. The van der Waals surface area contributed by atoms with Crippen LogP contribution in [0.15, 0.2) is 6.20 Å². The monoisotopic (exact) mass is 187 g/mol. The molecule has 0 amide bonds. The molecule has 0 aliphatic heterocycles. The van der Waals surface area contributed by atoms with Gasteiger partial charge in [-0.1, -0.05) is 0 Å². The van der Waals surface area contributed by atoms with Crippen molar-refractivity contribution in [3.63, 3.8) is 0 Å². The van der Waals surface area contributed by atoms with Crippen LogP contribution in [-0.2, 0) is 6.61 Å². The van der Waals surface area contributed by atoms with Crippen LogP contribution >= 0.6 is 11.6 Å². The molecule has 1 heterocycles. The van der Waals surface area contributed by atoms with Gasteiger partial charge < -0.3 is 10.4 Å². The molecule has 0 spiro atoms. The SMILES string of the molecule is CCNc1nc(Cl)ncc1CO. The number of nitrogens with one attached hydrogen (secondary N) is 1. The van der Waals surface area contributed by atoms with Crippen LogP contribution < -0.4 is 5.32 Å². The molecule has 0 saturated heterocycles. The van der Waals surface area contributed by atoms with Crippen molar-refractivity contribution in [2.24, 2.45) is 0 Å². The number of hydrogen-bond acceptors (Lipinski definition) is 4. The fourth-order valence-electron chi connectivity index (χ4n) is 0.821. The second-order valence-electron chi connectivity index (χ2n) is 2.20. The summed E-state index contributed by atoms with van der Waals surface area (Å²) in [4.78, 5) is 7.66. The van der Waals surface area contributed by atoms with E-state index in [-0.39, 0.29) is 11.9 Å². The number of rotatable bonds is 3. The van der Waals surface area contributed by atoms with Crippen molar-refractivity contribution < 1.29 is 5.11 Å². The fourth-order valence-corrected chi connectivity index (χ4v) is 0.955. The van der Waals surface area contributed by atoms with Crippen LogP contribution in [0.4, 0.5) is 5.82 Å². The molecule has 2 N–H and O–H groups in total. The zero-order valence-corrected chi connectivity index (χ0v) is 7.47. The number of halogens is 1. The van der Waals surface area contributed by atoms with Gasteiger partial charge in [-0.3, -0.25) is 0 Å². The van der Waals surface area contributed by atoms with Crippen LogP contribution in [-0.4, -0.2) is 21.6 Å². The Balaban J connectivity index is 2.95. The highest BCUT2D eigenvalue weighted by molar-refractivity contribution is 6.28. The van der Waals surface area contributed by atoms with E-state index in [9.17, 15) is 0 Å². The first-order valence-electron chi connectivity index (χ1n) is 3.64. The number of aliphatic hydroxyl groups is 1. The van der Waals surface area contributed by atoms with E-state index in [1.807, 2.05) is 6.92 Å². The van der Waals surface area contributed by atoms with Crippen LogP contribution in [0.5, 0.6) is 0 Å². The zero-order valence-electron chi connectivity index (χ0n) is 6.71. The summed E-state index contributed by atoms with van der Waals surface area (Å²) in [7, 11) is 0. The van der Waals surface area contributed by atoms with E-state index in [0.717, 1.165) is 6.54 Å². The van der Waals surface area contributed by atoms with Gasteiger partial charge in [-0.2, -0.15) is 0 Å². The summed E-state index contributed by atoms with van der Waals surface area (Å²) in [5.74, 6) is 0.597. The van der Waals surface area contributed by atoms with Gasteiger partial charge in [0, 0.05) is 18.3 Å². The maximum absolute atomic E-state index is 8.87. The molecule has 12 heavy (non-hydrogen) atoms. The van der Waals surface area contributed by atoms with Gasteiger partial charge in [-0.15, -0.1) is 0 Å². The van der Waals surface area contributed by atoms with E-state index in [2.05, 4.69) is 15.3 Å². The highest BCUT2D eigenvalue weighted by Crippen LogP contribution is 2.13. The highest BCUT2D eigenvalue weighted by Gasteiger charge is 2.02. The molecule has 5 heteroatoms. The Morgan fingerprint density at radius 3 is 3.00 bits per heavy atom. The van der Waals surface area contributed by atoms with E-state index in [4.69, 9.17) is 16.7 Å². The van der Waals surface area contributed by atoms with Gasteiger partial charge in [-0.25, -0.2) is 9.97 Å². The van der Waals surface area contributed by atoms with E-state index in [0.29, 0.717) is 11.4 Å². The zero-order chi connectivity index (χ0) is 8.97. The lowest BCUT2D eigenvalue weighted by Gasteiger charge is -2.06. The smallest absolute Gasteiger partial charge is 0.224 e. The molecule has 0 aliphatic rings. The molecule has 4 nitrogen and oxygen atoms in total. The molecular formula is C7H10ClN3O. The lowest BCUT2D eigenvalue weighted by Crippen LogP contribution is -2.04. The third-order valence-corrected chi connectivity index (χ3v) is 1.53. The van der Waals surface area contributed by atoms with Gasteiger partial charge in [0.1, 0.15) is 5.82 Å². The van der Waals surface area contributed by atoms with E-state index in [1.165, 1.54) is 6.20 Å². The molecule has 0 aliphatic carbocycles. The molecule has 0 atom stereocenters. The van der Waals surface area contributed by atoms with Crippen molar-refractivity contribution in [1.82, 2.24) is 9.97 Å². The lowest BCUT2D eigenvalue weighted by atomic mass is 10.3. The molecule has 0 bridgehead atoms. The quantitative estimate of drug-likeness (QED) is 0.695. The van der Waals surface area contributed by atoms with Crippen LogP contribution in [0, 0.1) is 0 Å². The summed E-state index contributed by atoms with van der Waals surface area (Å²) in [6.07, 6.45) is 1.51. The average molecular weight is 188 g/mol. The predicted octanol–water partition coefficient (Wildman–Crippen LogP) is 1.05. The number of nitrogens with zero attached hydrogens (tertiary/aromatic N) is 2. The molecule has 1 aromatic heterocycles. The first-order valence-corrected chi connectivity index (χ1v) is 4.02. The van der Waals surface area contributed by atoms with Crippen molar-refractivity contribution in [3.8, 4) is 0 Å². The van der Waals surface area contributed by atoms with E-state index < -0.39 is 0 Å². The summed E-state index contributed by atoms with van der Waals surface area (Å²) in [5.41, 5.74) is 0.654. The highest BCUT2D eigenvalue weighted by atomic mass is 35.5. The molecule has 1 aromatic rings. The van der Waals surface area contributed by atoms with Crippen LogP contribution in [0.3, 0.4) is 0 Å². The standard InChI is InChI=1S/C7H10ClN3O/c1-2-9-6-5(4-12)3-10-7(8)11-6/h3,12H,2,4H2,1H3,(H,9,10,11). The van der Waals surface area contributed by atoms with E-state index in [1.54, 1.807) is 0 Å². The lowest BCUT2D eigenvalue weighted by molar-refractivity contribution is 0.281. The first-order chi connectivity index (χ1) is 5.77. The molecular weight excluding hydrogens is 178 g/mol. The maximum atomic E-state index is 8.87. The predicted molar refractivity (Wildman–Crippen MR) is 47.1 cm³/mol. The Hall–Kier alpha value is -0.870. The largest absolute Gasteiger partial charge is 0.391 e. The third kappa shape index (κ3) is 2.06. The maximum Gasteiger partial charge on any atom is 0.224 e. The van der Waals surface area contributed by atoms with Crippen LogP contribution in [0.1, 0.15) is 12.5 Å². The van der Waals surface area contributed by atoms with E-state index >= 15 is 0 Å². The minimum Gasteiger partial charge on any atom is -0.391 e. The Bertz CT molecular complexity index is 267. The molecule has 0 fully saturated rings. The summed E-state index contributed by atoms with van der Waals surface area (Å²) in [5, 5.41) is 12.0. The van der Waals surface area contributed by atoms with Gasteiger partial charge >= 0.3 is 0 Å². The van der Waals surface area contributed by atoms with Gasteiger partial charge in [0.25, 0.3) is 0 Å². The number of aromatic nitrogens is 2. The van der Waals surface area contributed by atoms with Crippen molar-refractivity contribution in [2.45, 2.75) is 13.5 Å². The Kier molecular flexibility index (Phi) is 3.25. The molecule has 0 aromatic carbocycles. The first kappa shape index (κ1) is 9.22. The van der Waals surface area contributed by atoms with Crippen molar-refractivity contribution in [2.75, 3.05) is 11.9 Å². The molecule has 66 valence electrons. The Morgan fingerprint density at radius 2 is 2.42 bits per heavy atom. The second-order valence-corrected chi connectivity index (χ2v) is 2.54. The Morgan fingerprint density at radius 1 is 1.67 bits per heavy atom. The summed E-state index contributed by atoms with van der Waals surface area (Å²) in [6.45, 7) is 2.59. The molecule has 1 rings (SSSR count). The molecule has 0 unspecified atom stereocenters. The number of hydrogen-bond donors (Lipinski definition) is 2. The summed E-state index contributed by atoms with van der Waals surface area (Å²) in [6, 6.07) is 0. The van der Waals surface area contributed by atoms with Crippen LogP contribution in [0.25, 0.3) is 0 Å². The van der Waals surface area contributed by atoms with Crippen molar-refractivity contribution in [3.05, 3.63) is 17.0 Å². The third-order valence-electron chi connectivity index (χ3n) is 1.35. The minimum atomic E-state index is -0.0838. The average Bonchev–Trinajstić information content (AvgIpc) is 2.05. The van der Waals surface area contributed by atoms with Crippen molar-refractivity contribution >= 4 is 17.4 Å². The molecule has 0 radical (unpaired) electrons.